The Hall–Kier alpha value is -0.730. The van der Waals surface area contributed by atoms with Crippen LogP contribution in [0.4, 0.5) is 0 Å². The van der Waals surface area contributed by atoms with Gasteiger partial charge >= 0.3 is 0 Å². The Bertz CT molecular complexity index is 471. The predicted molar refractivity (Wildman–Crippen MR) is 81.7 cm³/mol. The average molecular weight is 382 g/mol. The molecule has 0 spiro atoms. The summed E-state index contributed by atoms with van der Waals surface area (Å²) in [7, 11) is 0. The van der Waals surface area contributed by atoms with E-state index in [1.165, 1.54) is 6.92 Å². The van der Waals surface area contributed by atoms with Crippen molar-refractivity contribution in [1.29, 1.82) is 0 Å². The second-order valence-electron chi connectivity index (χ2n) is 6.58. The van der Waals surface area contributed by atoms with Gasteiger partial charge in [0.05, 0.1) is 19.3 Å². The van der Waals surface area contributed by atoms with E-state index in [4.69, 9.17) is 14.2 Å². The van der Waals surface area contributed by atoms with Gasteiger partial charge in [0.1, 0.15) is 54.6 Å². The van der Waals surface area contributed by atoms with Gasteiger partial charge in [-0.15, -0.1) is 0 Å². The zero-order chi connectivity index (χ0) is 19.6. The molecule has 2 heterocycles. The van der Waals surface area contributed by atoms with Crippen molar-refractivity contribution in [3.63, 3.8) is 0 Å². The van der Waals surface area contributed by atoms with Crippen LogP contribution < -0.4 is 0 Å². The molecule has 2 rings (SSSR count). The first kappa shape index (κ1) is 21.6. The zero-order valence-electron chi connectivity index (χ0n) is 14.2. The smallest absolute Gasteiger partial charge is 0.187 e. The first-order valence-corrected chi connectivity index (χ1v) is 8.29. The van der Waals surface area contributed by atoms with Crippen molar-refractivity contribution in [2.24, 2.45) is 0 Å². The monoisotopic (exact) mass is 382 g/mol. The zero-order valence-corrected chi connectivity index (χ0v) is 14.2. The topological polar surface area (TPSA) is 186 Å². The van der Waals surface area contributed by atoms with Gasteiger partial charge in [0, 0.05) is 6.42 Å². The highest BCUT2D eigenvalue weighted by atomic mass is 16.7. The van der Waals surface area contributed by atoms with Crippen molar-refractivity contribution in [1.82, 2.24) is 0 Å². The Morgan fingerprint density at radius 2 is 1.38 bits per heavy atom. The minimum Gasteiger partial charge on any atom is -0.394 e. The molecule has 10 atom stereocenters. The first-order chi connectivity index (χ1) is 12.2. The third-order valence-corrected chi connectivity index (χ3v) is 4.59. The maximum absolute atomic E-state index is 11.2. The number of aliphatic hydroxyl groups is 7. The lowest BCUT2D eigenvalue weighted by Crippen LogP contribution is -2.64. The molecule has 7 N–H and O–H groups in total. The van der Waals surface area contributed by atoms with E-state index < -0.39 is 74.4 Å². The molecule has 152 valence electrons. The maximum atomic E-state index is 11.2. The number of rotatable bonds is 6. The van der Waals surface area contributed by atoms with Crippen LogP contribution in [0, 0.1) is 0 Å². The molecule has 11 heteroatoms. The average Bonchev–Trinajstić information content (AvgIpc) is 2.60. The summed E-state index contributed by atoms with van der Waals surface area (Å²) >= 11 is 0. The van der Waals surface area contributed by atoms with E-state index in [9.17, 15) is 40.5 Å². The summed E-state index contributed by atoms with van der Waals surface area (Å²) in [5.74, 6) is -0.286. The lowest BCUT2D eigenvalue weighted by atomic mass is 9.92. The standard InChI is InChI=1S/C15H26O11/c1-5(18)2-6-9(19)12(22)14(8(4-17)24-6)26-15-13(23)11(21)10(20)7(3-16)25-15/h6-17,19-23H,2-4H2,1H3/t6-,7-,8-,9+,10+,11+,12-,13-,14-,15+/m1/s1. The molecule has 0 radical (unpaired) electrons. The first-order valence-electron chi connectivity index (χ1n) is 8.29. The summed E-state index contributed by atoms with van der Waals surface area (Å²) in [6, 6.07) is 0. The van der Waals surface area contributed by atoms with Gasteiger partial charge in [-0.25, -0.2) is 0 Å². The lowest BCUT2D eigenvalue weighted by Gasteiger charge is -2.46. The van der Waals surface area contributed by atoms with Crippen LogP contribution in [0.2, 0.25) is 0 Å². The molecule has 2 aliphatic rings. The Balaban J connectivity index is 2.12. The highest BCUT2D eigenvalue weighted by Crippen LogP contribution is 2.30. The molecule has 26 heavy (non-hydrogen) atoms. The van der Waals surface area contributed by atoms with E-state index >= 15 is 0 Å². The van der Waals surface area contributed by atoms with Crippen LogP contribution in [0.5, 0.6) is 0 Å². The van der Waals surface area contributed by atoms with E-state index in [1.807, 2.05) is 0 Å². The Morgan fingerprint density at radius 1 is 0.808 bits per heavy atom. The van der Waals surface area contributed by atoms with Crippen LogP contribution in [0.3, 0.4) is 0 Å². The van der Waals surface area contributed by atoms with E-state index in [0.717, 1.165) is 0 Å². The largest absolute Gasteiger partial charge is 0.394 e. The van der Waals surface area contributed by atoms with Gasteiger partial charge < -0.3 is 50.0 Å². The number of ether oxygens (including phenoxy) is 3. The van der Waals surface area contributed by atoms with Crippen LogP contribution in [0.15, 0.2) is 0 Å². The third-order valence-electron chi connectivity index (χ3n) is 4.59. The van der Waals surface area contributed by atoms with Gasteiger partial charge in [-0.3, -0.25) is 4.79 Å². The number of aliphatic hydroxyl groups excluding tert-OH is 7. The van der Waals surface area contributed by atoms with Crippen molar-refractivity contribution >= 4 is 5.78 Å². The number of carbonyl (C=O) groups excluding carboxylic acids is 1. The Kier molecular flexibility index (Phi) is 7.44. The second-order valence-corrected chi connectivity index (χ2v) is 6.58. The normalized spacial score (nSPS) is 46.9. The molecule has 0 amide bonds. The molecule has 2 saturated heterocycles. The fourth-order valence-corrected chi connectivity index (χ4v) is 3.12. The molecule has 0 saturated carbocycles. The van der Waals surface area contributed by atoms with Crippen molar-refractivity contribution < 1.29 is 54.8 Å². The van der Waals surface area contributed by atoms with Crippen LogP contribution in [-0.2, 0) is 19.0 Å². The number of carbonyl (C=O) groups is 1. The van der Waals surface area contributed by atoms with E-state index in [-0.39, 0.29) is 12.2 Å². The minimum absolute atomic E-state index is 0.179. The van der Waals surface area contributed by atoms with Gasteiger partial charge in [-0.1, -0.05) is 0 Å². The summed E-state index contributed by atoms with van der Waals surface area (Å²) in [6.07, 6.45) is -14.6. The van der Waals surface area contributed by atoms with Crippen LogP contribution in [0.1, 0.15) is 13.3 Å². The van der Waals surface area contributed by atoms with Gasteiger partial charge in [0.15, 0.2) is 6.29 Å². The number of hydrogen-bond donors (Lipinski definition) is 7. The van der Waals surface area contributed by atoms with Crippen LogP contribution in [-0.4, -0.2) is 116 Å². The van der Waals surface area contributed by atoms with Crippen LogP contribution in [0.25, 0.3) is 0 Å². The molecular weight excluding hydrogens is 356 g/mol. The molecule has 0 aliphatic carbocycles. The second kappa shape index (κ2) is 8.97. The molecule has 0 aromatic carbocycles. The van der Waals surface area contributed by atoms with Gasteiger partial charge in [0.2, 0.25) is 0 Å². The van der Waals surface area contributed by atoms with E-state index in [2.05, 4.69) is 0 Å². The SMILES string of the molecule is CC(=O)C[C@H]1O[C@H](CO)[C@@H](O[C@@H]2O[C@H](CO)[C@H](O)[C@H](O)[C@H]2O)[C@H](O)[C@H]1O. The molecule has 0 unspecified atom stereocenters. The predicted octanol–water partition coefficient (Wildman–Crippen LogP) is -4.37. The molecule has 2 aliphatic heterocycles. The van der Waals surface area contributed by atoms with Crippen molar-refractivity contribution in [3.05, 3.63) is 0 Å². The third kappa shape index (κ3) is 4.39. The van der Waals surface area contributed by atoms with Gasteiger partial charge in [0.25, 0.3) is 0 Å². The summed E-state index contributed by atoms with van der Waals surface area (Å²) in [5, 5.41) is 68.6. The molecular formula is C15H26O11. The number of hydrogen-bond acceptors (Lipinski definition) is 11. The van der Waals surface area contributed by atoms with Crippen molar-refractivity contribution in [2.75, 3.05) is 13.2 Å². The fourth-order valence-electron chi connectivity index (χ4n) is 3.12. The molecule has 0 aromatic heterocycles. The number of ketones is 1. The quantitative estimate of drug-likeness (QED) is 0.235. The summed E-state index contributed by atoms with van der Waals surface area (Å²) in [4.78, 5) is 11.2. The Morgan fingerprint density at radius 3 is 1.92 bits per heavy atom. The lowest BCUT2D eigenvalue weighted by molar-refractivity contribution is -0.341. The molecule has 0 aromatic rings. The minimum atomic E-state index is -1.72. The van der Waals surface area contributed by atoms with Gasteiger partial charge in [-0.05, 0) is 6.92 Å². The van der Waals surface area contributed by atoms with Crippen molar-refractivity contribution in [2.45, 2.75) is 74.6 Å². The Labute approximate surface area is 149 Å². The summed E-state index contributed by atoms with van der Waals surface area (Å²) in [6.45, 7) is -0.00546. The van der Waals surface area contributed by atoms with Crippen LogP contribution >= 0.6 is 0 Å². The van der Waals surface area contributed by atoms with Gasteiger partial charge in [-0.2, -0.15) is 0 Å². The highest BCUT2D eigenvalue weighted by molar-refractivity contribution is 5.76. The summed E-state index contributed by atoms with van der Waals surface area (Å²) in [5.41, 5.74) is 0. The molecule has 2 fully saturated rings. The van der Waals surface area contributed by atoms with E-state index in [1.54, 1.807) is 0 Å². The van der Waals surface area contributed by atoms with E-state index in [0.29, 0.717) is 0 Å². The highest BCUT2D eigenvalue weighted by Gasteiger charge is 2.50. The van der Waals surface area contributed by atoms with Crippen molar-refractivity contribution in [3.8, 4) is 0 Å². The fraction of sp³-hybridized carbons (Fsp3) is 0.933. The number of Topliss-reactive ketones (excluding diaryl/α,β-unsaturated/α-hetero) is 1. The maximum Gasteiger partial charge on any atom is 0.187 e. The molecule has 0 bridgehead atoms. The summed E-state index contributed by atoms with van der Waals surface area (Å²) < 4.78 is 16.0. The molecule has 11 nitrogen and oxygen atoms in total.